The summed E-state index contributed by atoms with van der Waals surface area (Å²) >= 11 is 0. The molecule has 0 heterocycles. The summed E-state index contributed by atoms with van der Waals surface area (Å²) in [5.74, 6) is -0.230. The quantitative estimate of drug-likeness (QED) is 0.0273. The summed E-state index contributed by atoms with van der Waals surface area (Å²) in [5, 5.41) is 13.6. The molecule has 3 unspecified atom stereocenters. The number of aliphatic hydroxyl groups is 1. The Balaban J connectivity index is 4.07. The number of unbranched alkanes of at least 4 members (excludes halogenated alkanes) is 9. The number of likely N-dealkylation sites (N-methyl/N-ethyl adjacent to an activating group) is 1. The van der Waals surface area contributed by atoms with Crippen LogP contribution >= 0.6 is 7.82 Å². The fourth-order valence-corrected chi connectivity index (χ4v) is 6.99. The van der Waals surface area contributed by atoms with Crippen LogP contribution in [0.1, 0.15) is 162 Å². The van der Waals surface area contributed by atoms with Crippen LogP contribution in [0.3, 0.4) is 0 Å². The van der Waals surface area contributed by atoms with Gasteiger partial charge < -0.3 is 28.8 Å². The molecule has 0 rings (SSSR count). The van der Waals surface area contributed by atoms with Crippen molar-refractivity contribution in [1.29, 1.82) is 0 Å². The van der Waals surface area contributed by atoms with E-state index in [1.807, 2.05) is 27.2 Å². The number of carbonyl (C=O) groups excluding carboxylic acids is 1. The predicted octanol–water partition coefficient (Wildman–Crippen LogP) is 14.7. The Hall–Kier alpha value is -3.62. The minimum atomic E-state index is -4.59. The Morgan fingerprint density at radius 3 is 1.33 bits per heavy atom. The summed E-state index contributed by atoms with van der Waals surface area (Å²) in [6, 6.07) is -0.904. The van der Waals surface area contributed by atoms with Gasteiger partial charge in [0, 0.05) is 6.42 Å². The number of quaternary nitrogens is 1. The van der Waals surface area contributed by atoms with E-state index >= 15 is 0 Å². The Morgan fingerprint density at radius 1 is 0.537 bits per heavy atom. The number of allylic oxidation sites excluding steroid dienone is 23. The van der Waals surface area contributed by atoms with Crippen LogP contribution in [0.25, 0.3) is 0 Å². The van der Waals surface area contributed by atoms with Gasteiger partial charge in [0.25, 0.3) is 7.82 Å². The molecule has 3 atom stereocenters. The molecule has 0 saturated carbocycles. The zero-order chi connectivity index (χ0) is 49.2. The third-order valence-electron chi connectivity index (χ3n) is 10.3. The summed E-state index contributed by atoms with van der Waals surface area (Å²) < 4.78 is 23.0. The lowest BCUT2D eigenvalue weighted by molar-refractivity contribution is -0.870. The van der Waals surface area contributed by atoms with Crippen molar-refractivity contribution in [2.24, 2.45) is 0 Å². The Kier molecular flexibility index (Phi) is 44.9. The number of hydrogen-bond donors (Lipinski definition) is 2. The maximum absolute atomic E-state index is 12.8. The summed E-state index contributed by atoms with van der Waals surface area (Å²) in [5.41, 5.74) is 0. The molecule has 0 aliphatic carbocycles. The van der Waals surface area contributed by atoms with Gasteiger partial charge in [0.2, 0.25) is 5.91 Å². The second kappa shape index (κ2) is 47.4. The standard InChI is InChI=1S/C58H95N2O6P/c1-6-8-10-12-14-15-16-17-18-19-20-21-22-23-24-25-26-27-28-29-30-31-32-33-34-35-36-37-38-39-40-41-42-43-44-45-46-48-50-52-58(62)59-56(57(61)51-49-47-13-11-9-7-2)55-66-67(63,64)65-54-53-60(3,4)5/h8,10,14-15,17-18,20-21,23-24,26-27,29-30,32-33,35-36,38-39,41-42,49,51,56-57,61H,6-7,9,11-13,16,19,22,25,28,31,34,37,40,43-48,50,52-55H2,1-5H3,(H-,59,62,63,64)/b10-8-,15-14-,18-17-,21-20-,24-23-,27-26-,30-29-,33-32-,36-35-,39-38-,42-41-,51-49+. The molecule has 67 heavy (non-hydrogen) atoms. The van der Waals surface area contributed by atoms with Gasteiger partial charge >= 0.3 is 0 Å². The first-order valence-electron chi connectivity index (χ1n) is 25.7. The predicted molar refractivity (Wildman–Crippen MR) is 288 cm³/mol. The first kappa shape index (κ1) is 63.4. The molecule has 378 valence electrons. The first-order valence-corrected chi connectivity index (χ1v) is 27.2. The summed E-state index contributed by atoms with van der Waals surface area (Å²) in [6.07, 6.45) is 73.9. The van der Waals surface area contributed by atoms with Crippen LogP contribution in [0.4, 0.5) is 0 Å². The van der Waals surface area contributed by atoms with Crippen LogP contribution < -0.4 is 10.2 Å². The van der Waals surface area contributed by atoms with E-state index in [9.17, 15) is 19.4 Å². The van der Waals surface area contributed by atoms with Crippen LogP contribution in [-0.2, 0) is 18.4 Å². The summed E-state index contributed by atoms with van der Waals surface area (Å²) in [7, 11) is 1.22. The molecule has 0 bridgehead atoms. The molecule has 8 nitrogen and oxygen atoms in total. The zero-order valence-electron chi connectivity index (χ0n) is 42.8. The van der Waals surface area contributed by atoms with E-state index in [0.717, 1.165) is 141 Å². The number of nitrogens with zero attached hydrogens (tertiary/aromatic N) is 1. The summed E-state index contributed by atoms with van der Waals surface area (Å²) in [6.45, 7) is 4.39. The van der Waals surface area contributed by atoms with Crippen LogP contribution in [0.15, 0.2) is 146 Å². The van der Waals surface area contributed by atoms with Gasteiger partial charge in [0.05, 0.1) is 39.9 Å². The first-order chi connectivity index (χ1) is 32.5. The molecule has 0 spiro atoms. The average molecular weight is 947 g/mol. The van der Waals surface area contributed by atoms with Crippen molar-refractivity contribution in [2.75, 3.05) is 40.9 Å². The number of hydrogen-bond acceptors (Lipinski definition) is 6. The van der Waals surface area contributed by atoms with E-state index in [0.29, 0.717) is 17.4 Å². The highest BCUT2D eigenvalue weighted by Gasteiger charge is 2.23. The minimum Gasteiger partial charge on any atom is -0.756 e. The maximum Gasteiger partial charge on any atom is 0.268 e. The molecule has 0 aliphatic rings. The number of carbonyl (C=O) groups is 1. The Morgan fingerprint density at radius 2 is 0.910 bits per heavy atom. The molecule has 0 saturated heterocycles. The Labute approximate surface area is 410 Å². The van der Waals surface area contributed by atoms with Crippen molar-refractivity contribution in [3.63, 3.8) is 0 Å². The number of amides is 1. The third-order valence-corrected chi connectivity index (χ3v) is 11.3. The molecule has 0 aromatic carbocycles. The maximum atomic E-state index is 12.8. The molecule has 0 fully saturated rings. The zero-order valence-corrected chi connectivity index (χ0v) is 43.7. The number of aliphatic hydroxyl groups excluding tert-OH is 1. The van der Waals surface area contributed by atoms with E-state index in [1.54, 1.807) is 6.08 Å². The monoisotopic (exact) mass is 947 g/mol. The topological polar surface area (TPSA) is 108 Å². The number of phosphoric acid groups is 1. The second-order valence-corrected chi connectivity index (χ2v) is 19.2. The molecule has 9 heteroatoms. The van der Waals surface area contributed by atoms with Crippen molar-refractivity contribution in [3.05, 3.63) is 146 Å². The van der Waals surface area contributed by atoms with Gasteiger partial charge in [0.15, 0.2) is 0 Å². The van der Waals surface area contributed by atoms with Gasteiger partial charge in [-0.15, -0.1) is 0 Å². The molecular weight excluding hydrogens is 852 g/mol. The molecule has 0 radical (unpaired) electrons. The van der Waals surface area contributed by atoms with Crippen molar-refractivity contribution in [3.8, 4) is 0 Å². The molecule has 0 aliphatic heterocycles. The lowest BCUT2D eigenvalue weighted by Gasteiger charge is -2.29. The van der Waals surface area contributed by atoms with Gasteiger partial charge in [0.1, 0.15) is 13.2 Å². The lowest BCUT2D eigenvalue weighted by Crippen LogP contribution is -2.45. The second-order valence-electron chi connectivity index (χ2n) is 17.8. The summed E-state index contributed by atoms with van der Waals surface area (Å²) in [4.78, 5) is 25.2. The smallest absolute Gasteiger partial charge is 0.268 e. The molecule has 0 aromatic rings. The van der Waals surface area contributed by atoms with Crippen molar-refractivity contribution in [2.45, 2.75) is 174 Å². The number of phosphoric ester groups is 1. The Bertz CT molecular complexity index is 1590. The van der Waals surface area contributed by atoms with E-state index in [2.05, 4.69) is 153 Å². The highest BCUT2D eigenvalue weighted by molar-refractivity contribution is 7.45. The van der Waals surface area contributed by atoms with Gasteiger partial charge in [-0.3, -0.25) is 9.36 Å². The number of rotatable bonds is 44. The molecular formula is C58H95N2O6P. The van der Waals surface area contributed by atoms with E-state index in [1.165, 1.54) is 0 Å². The highest BCUT2D eigenvalue weighted by Crippen LogP contribution is 2.38. The number of nitrogens with one attached hydrogen (secondary N) is 1. The molecule has 1 amide bonds. The van der Waals surface area contributed by atoms with Gasteiger partial charge in [-0.05, 0) is 103 Å². The average Bonchev–Trinajstić information content (AvgIpc) is 3.29. The lowest BCUT2D eigenvalue weighted by atomic mass is 10.1. The van der Waals surface area contributed by atoms with Crippen LogP contribution in [0.5, 0.6) is 0 Å². The molecule has 0 aromatic heterocycles. The van der Waals surface area contributed by atoms with E-state index in [-0.39, 0.29) is 12.5 Å². The van der Waals surface area contributed by atoms with Gasteiger partial charge in [-0.2, -0.15) is 0 Å². The van der Waals surface area contributed by atoms with Crippen molar-refractivity contribution >= 4 is 13.7 Å². The van der Waals surface area contributed by atoms with Gasteiger partial charge in [-0.25, -0.2) is 0 Å². The fourth-order valence-electron chi connectivity index (χ4n) is 6.27. The normalized spacial score (nSPS) is 15.3. The van der Waals surface area contributed by atoms with Crippen molar-refractivity contribution in [1.82, 2.24) is 5.32 Å². The fraction of sp³-hybridized carbons (Fsp3) is 0.569. The highest BCUT2D eigenvalue weighted by atomic mass is 31.2. The van der Waals surface area contributed by atoms with Crippen LogP contribution in [0, 0.1) is 0 Å². The van der Waals surface area contributed by atoms with Crippen LogP contribution in [-0.4, -0.2) is 68.5 Å². The largest absolute Gasteiger partial charge is 0.756 e. The molecule has 2 N–H and O–H groups in total. The van der Waals surface area contributed by atoms with E-state index in [4.69, 9.17) is 9.05 Å². The minimum absolute atomic E-state index is 0.0139. The van der Waals surface area contributed by atoms with Gasteiger partial charge in [-0.1, -0.05) is 198 Å². The van der Waals surface area contributed by atoms with Crippen molar-refractivity contribution < 1.29 is 32.9 Å². The third kappa shape index (κ3) is 50.1. The SMILES string of the molecule is CC/C=C\C/C=C\C/C=C\C/C=C\C/C=C\C/C=C\C/C=C\C/C=C\C/C=C\C/C=C\C/C=C\CCCCCCCC(=O)NC(COP(=O)([O-])OCC[N+](C)(C)C)C(O)/C=C/CCCCCC. The van der Waals surface area contributed by atoms with Crippen LogP contribution in [0.2, 0.25) is 0 Å². The van der Waals surface area contributed by atoms with E-state index < -0.39 is 26.6 Å².